The number of benzene rings is 2. The number of nitrogens with zero attached hydrogens (tertiary/aromatic N) is 1. The van der Waals surface area contributed by atoms with Gasteiger partial charge in [0, 0.05) is 12.6 Å². The molecule has 0 heterocycles. The average Bonchev–Trinajstić information content (AvgIpc) is 2.84. The van der Waals surface area contributed by atoms with Crippen LogP contribution in [0.4, 0.5) is 4.79 Å². The molecule has 0 bridgehead atoms. The molecule has 7 nitrogen and oxygen atoms in total. The van der Waals surface area contributed by atoms with Crippen molar-refractivity contribution >= 4 is 17.9 Å². The Kier molecular flexibility index (Phi) is 11.4. The fourth-order valence-electron chi connectivity index (χ4n) is 4.27. The van der Waals surface area contributed by atoms with Gasteiger partial charge in [-0.15, -0.1) is 0 Å². The van der Waals surface area contributed by atoms with E-state index in [2.05, 4.69) is 24.5 Å². The van der Waals surface area contributed by atoms with Crippen LogP contribution in [-0.2, 0) is 20.9 Å². The van der Waals surface area contributed by atoms with Gasteiger partial charge in [0.2, 0.25) is 11.8 Å². The van der Waals surface area contributed by atoms with E-state index >= 15 is 0 Å². The molecule has 3 unspecified atom stereocenters. The van der Waals surface area contributed by atoms with Crippen LogP contribution in [0.2, 0.25) is 0 Å². The molecule has 2 rings (SSSR count). The third-order valence-corrected chi connectivity index (χ3v) is 6.31. The summed E-state index contributed by atoms with van der Waals surface area (Å²) in [5, 5.41) is 5.72. The first-order valence-corrected chi connectivity index (χ1v) is 13.5. The highest BCUT2D eigenvalue weighted by Gasteiger charge is 2.38. The van der Waals surface area contributed by atoms with Gasteiger partial charge in [-0.3, -0.25) is 9.59 Å². The highest BCUT2D eigenvalue weighted by molar-refractivity contribution is 5.92. The molecule has 38 heavy (non-hydrogen) atoms. The highest BCUT2D eigenvalue weighted by Crippen LogP contribution is 2.29. The maximum atomic E-state index is 14.0. The van der Waals surface area contributed by atoms with E-state index in [4.69, 9.17) is 4.74 Å². The maximum absolute atomic E-state index is 14.0. The second-order valence-corrected chi connectivity index (χ2v) is 11.4. The third kappa shape index (κ3) is 9.51. The zero-order chi connectivity index (χ0) is 28.5. The molecule has 0 aliphatic carbocycles. The van der Waals surface area contributed by atoms with Gasteiger partial charge in [-0.2, -0.15) is 0 Å². The van der Waals surface area contributed by atoms with Gasteiger partial charge in [-0.25, -0.2) is 4.79 Å². The van der Waals surface area contributed by atoms with Crippen molar-refractivity contribution in [3.63, 3.8) is 0 Å². The lowest BCUT2D eigenvalue weighted by Crippen LogP contribution is -2.54. The summed E-state index contributed by atoms with van der Waals surface area (Å²) in [6, 6.07) is 15.3. The minimum absolute atomic E-state index is 0.250. The van der Waals surface area contributed by atoms with Crippen LogP contribution in [0.3, 0.4) is 0 Å². The fraction of sp³-hybridized carbons (Fsp3) is 0.516. The van der Waals surface area contributed by atoms with Crippen LogP contribution in [-0.4, -0.2) is 40.5 Å². The van der Waals surface area contributed by atoms with Crippen LogP contribution in [0.5, 0.6) is 0 Å². The number of ether oxygens (including phenoxy) is 1. The lowest BCUT2D eigenvalue weighted by atomic mass is 9.95. The van der Waals surface area contributed by atoms with Gasteiger partial charge in [0.05, 0.1) is 0 Å². The minimum atomic E-state index is -0.889. The van der Waals surface area contributed by atoms with Crippen molar-refractivity contribution in [1.82, 2.24) is 15.5 Å². The largest absolute Gasteiger partial charge is 0.444 e. The van der Waals surface area contributed by atoms with Crippen LogP contribution in [0.15, 0.2) is 54.6 Å². The van der Waals surface area contributed by atoms with Crippen molar-refractivity contribution in [2.24, 2.45) is 5.92 Å². The van der Waals surface area contributed by atoms with Crippen LogP contribution in [0.25, 0.3) is 0 Å². The van der Waals surface area contributed by atoms with Crippen LogP contribution < -0.4 is 10.6 Å². The van der Waals surface area contributed by atoms with Crippen LogP contribution in [0.1, 0.15) is 84.0 Å². The summed E-state index contributed by atoms with van der Waals surface area (Å²) in [5.74, 6) is -0.164. The van der Waals surface area contributed by atoms with Crippen molar-refractivity contribution in [2.75, 3.05) is 0 Å². The number of carbonyl (C=O) groups excluding carboxylic acids is 3. The molecule has 2 N–H and O–H groups in total. The van der Waals surface area contributed by atoms with E-state index in [1.165, 1.54) is 0 Å². The Morgan fingerprint density at radius 2 is 1.50 bits per heavy atom. The van der Waals surface area contributed by atoms with E-state index in [-0.39, 0.29) is 17.9 Å². The molecule has 0 aliphatic rings. The lowest BCUT2D eigenvalue weighted by molar-refractivity contribution is -0.145. The van der Waals surface area contributed by atoms with Gasteiger partial charge in [0.25, 0.3) is 0 Å². The molecule has 2 aromatic carbocycles. The Morgan fingerprint density at radius 1 is 0.895 bits per heavy atom. The first kappa shape index (κ1) is 30.9. The summed E-state index contributed by atoms with van der Waals surface area (Å²) < 4.78 is 5.38. The Hall–Kier alpha value is -3.35. The predicted molar refractivity (Wildman–Crippen MR) is 151 cm³/mol. The molecule has 0 fully saturated rings. The van der Waals surface area contributed by atoms with E-state index in [0.717, 1.165) is 29.5 Å². The molecule has 0 saturated heterocycles. The second-order valence-electron chi connectivity index (χ2n) is 11.4. The molecule has 0 saturated carbocycles. The molecular weight excluding hydrogens is 478 g/mol. The van der Waals surface area contributed by atoms with Crippen molar-refractivity contribution < 1.29 is 19.1 Å². The van der Waals surface area contributed by atoms with E-state index in [1.807, 2.05) is 68.4 Å². The van der Waals surface area contributed by atoms with Crippen molar-refractivity contribution in [2.45, 2.75) is 98.5 Å². The van der Waals surface area contributed by atoms with Gasteiger partial charge >= 0.3 is 6.09 Å². The number of aryl methyl sites for hydroxylation is 1. The standard InChI is InChI=1S/C31H45N3O4/c1-21(2)18-19-23(4)34(29(36)24(5)33-30(37)38-31(6,7)8)27(26-17-13-12-14-22(26)3)28(35)32-20-25-15-10-9-11-16-25/h9-17,21,23-24,27H,18-20H2,1-8H3,(H,32,35)(H,33,37). The maximum Gasteiger partial charge on any atom is 0.408 e. The normalized spacial score (nSPS) is 13.8. The fourth-order valence-corrected chi connectivity index (χ4v) is 4.27. The molecule has 0 aliphatic heterocycles. The van der Waals surface area contributed by atoms with Crippen LogP contribution in [0, 0.1) is 12.8 Å². The number of rotatable bonds is 11. The zero-order valence-corrected chi connectivity index (χ0v) is 24.2. The molecular formula is C31H45N3O4. The number of alkyl carbamates (subject to hydrolysis) is 1. The molecule has 0 aromatic heterocycles. The number of hydrogen-bond acceptors (Lipinski definition) is 4. The summed E-state index contributed by atoms with van der Waals surface area (Å²) in [7, 11) is 0. The summed E-state index contributed by atoms with van der Waals surface area (Å²) in [6.45, 7) is 15.5. The number of carbonyl (C=O) groups is 3. The Morgan fingerprint density at radius 3 is 2.08 bits per heavy atom. The summed E-state index contributed by atoms with van der Waals surface area (Å²) in [6.07, 6.45) is 0.941. The quantitative estimate of drug-likeness (QED) is 0.383. The summed E-state index contributed by atoms with van der Waals surface area (Å²) >= 11 is 0. The Balaban J connectivity index is 2.45. The first-order valence-electron chi connectivity index (χ1n) is 13.5. The van der Waals surface area contributed by atoms with Gasteiger partial charge < -0.3 is 20.3 Å². The zero-order valence-electron chi connectivity index (χ0n) is 24.2. The molecule has 3 atom stereocenters. The SMILES string of the molecule is Cc1ccccc1C(C(=O)NCc1ccccc1)N(C(=O)C(C)NC(=O)OC(C)(C)C)C(C)CCC(C)C. The molecule has 0 radical (unpaired) electrons. The van der Waals surface area contributed by atoms with Gasteiger partial charge in [0.15, 0.2) is 0 Å². The van der Waals surface area contributed by atoms with Crippen molar-refractivity contribution in [3.05, 3.63) is 71.3 Å². The summed E-state index contributed by atoms with van der Waals surface area (Å²) in [5.41, 5.74) is 1.94. The second kappa shape index (κ2) is 14.0. The first-order chi connectivity index (χ1) is 17.8. The Bertz CT molecular complexity index is 1060. The van der Waals surface area contributed by atoms with Crippen molar-refractivity contribution in [3.8, 4) is 0 Å². The smallest absolute Gasteiger partial charge is 0.408 e. The lowest BCUT2D eigenvalue weighted by Gasteiger charge is -2.38. The van der Waals surface area contributed by atoms with E-state index in [1.54, 1.807) is 32.6 Å². The van der Waals surface area contributed by atoms with Crippen LogP contribution >= 0.6 is 0 Å². The number of nitrogens with one attached hydrogen (secondary N) is 2. The van der Waals surface area contributed by atoms with Crippen molar-refractivity contribution in [1.29, 1.82) is 0 Å². The van der Waals surface area contributed by atoms with E-state index < -0.39 is 23.8 Å². The minimum Gasteiger partial charge on any atom is -0.444 e. The number of amides is 3. The Labute approximate surface area is 228 Å². The molecule has 3 amide bonds. The predicted octanol–water partition coefficient (Wildman–Crippen LogP) is 5.92. The van der Waals surface area contributed by atoms with Gasteiger partial charge in [0.1, 0.15) is 17.7 Å². The van der Waals surface area contributed by atoms with Gasteiger partial charge in [-0.1, -0.05) is 68.4 Å². The summed E-state index contributed by atoms with van der Waals surface area (Å²) in [4.78, 5) is 42.0. The molecule has 208 valence electrons. The number of hydrogen-bond donors (Lipinski definition) is 2. The molecule has 7 heteroatoms. The van der Waals surface area contributed by atoms with E-state index in [9.17, 15) is 14.4 Å². The topological polar surface area (TPSA) is 87.7 Å². The highest BCUT2D eigenvalue weighted by atomic mass is 16.6. The van der Waals surface area contributed by atoms with Gasteiger partial charge in [-0.05, 0) is 77.0 Å². The molecule has 0 spiro atoms. The molecule has 2 aromatic rings. The average molecular weight is 524 g/mol. The monoisotopic (exact) mass is 523 g/mol. The van der Waals surface area contributed by atoms with E-state index in [0.29, 0.717) is 12.5 Å². The third-order valence-electron chi connectivity index (χ3n) is 6.31.